The molecule has 1 aromatic heterocycles. The topological polar surface area (TPSA) is 38.1 Å². The lowest BCUT2D eigenvalue weighted by Gasteiger charge is -2.23. The Morgan fingerprint density at radius 1 is 1.11 bits per heavy atom. The summed E-state index contributed by atoms with van der Waals surface area (Å²) < 4.78 is 2.44. The SMILES string of the molecule is CCCCN1C[C@@H](c2nc3ccccc3n2CCC2CCCCC2)CC1=O. The molecule has 4 rings (SSSR count). The number of hydrogen-bond donors (Lipinski definition) is 0. The minimum absolute atomic E-state index is 0.244. The molecule has 2 heterocycles. The standard InChI is InChI=1S/C23H33N3O/c1-2-3-14-25-17-19(16-22(25)27)23-24-20-11-7-8-12-21(20)26(23)15-13-18-9-5-4-6-10-18/h7-8,11-12,18-19H,2-6,9-10,13-17H2,1H3/t19-/m0/s1. The van der Waals surface area contributed by atoms with Crippen molar-refractivity contribution in [2.24, 2.45) is 5.92 Å². The third-order valence-electron chi connectivity index (χ3n) is 6.53. The smallest absolute Gasteiger partial charge is 0.223 e. The molecular formula is C23H33N3O. The average molecular weight is 368 g/mol. The zero-order chi connectivity index (χ0) is 18.6. The summed E-state index contributed by atoms with van der Waals surface area (Å²) >= 11 is 0. The van der Waals surface area contributed by atoms with Crippen molar-refractivity contribution in [3.05, 3.63) is 30.1 Å². The number of rotatable bonds is 7. The summed E-state index contributed by atoms with van der Waals surface area (Å²) in [5.74, 6) is 2.55. The number of imidazole rings is 1. The second kappa shape index (κ2) is 8.45. The highest BCUT2D eigenvalue weighted by atomic mass is 16.2. The first-order valence-electron chi connectivity index (χ1n) is 11.0. The van der Waals surface area contributed by atoms with Gasteiger partial charge in [0.2, 0.25) is 5.91 Å². The van der Waals surface area contributed by atoms with Gasteiger partial charge in [0.05, 0.1) is 11.0 Å². The number of likely N-dealkylation sites (tertiary alicyclic amines) is 1. The van der Waals surface area contributed by atoms with E-state index < -0.39 is 0 Å². The Morgan fingerprint density at radius 3 is 2.74 bits per heavy atom. The van der Waals surface area contributed by atoms with Crippen molar-refractivity contribution in [2.75, 3.05) is 13.1 Å². The van der Waals surface area contributed by atoms with E-state index in [2.05, 4.69) is 40.7 Å². The number of amides is 1. The predicted molar refractivity (Wildman–Crippen MR) is 110 cm³/mol. The summed E-state index contributed by atoms with van der Waals surface area (Å²) in [5, 5.41) is 0. The largest absolute Gasteiger partial charge is 0.342 e. The van der Waals surface area contributed by atoms with Gasteiger partial charge in [0.15, 0.2) is 0 Å². The van der Waals surface area contributed by atoms with Gasteiger partial charge < -0.3 is 9.47 Å². The Bertz CT molecular complexity index is 775. The number of unbranched alkanes of at least 4 members (excludes halogenated alkanes) is 1. The van der Waals surface area contributed by atoms with Crippen molar-refractivity contribution in [3.8, 4) is 0 Å². The molecule has 2 fully saturated rings. The molecule has 2 aliphatic rings. The minimum Gasteiger partial charge on any atom is -0.342 e. The minimum atomic E-state index is 0.244. The van der Waals surface area contributed by atoms with Crippen molar-refractivity contribution >= 4 is 16.9 Å². The quantitative estimate of drug-likeness (QED) is 0.681. The molecule has 27 heavy (non-hydrogen) atoms. The Hall–Kier alpha value is -1.84. The maximum atomic E-state index is 12.5. The van der Waals surface area contributed by atoms with Crippen molar-refractivity contribution < 1.29 is 4.79 Å². The molecule has 4 nitrogen and oxygen atoms in total. The summed E-state index contributed by atoms with van der Waals surface area (Å²) in [6.07, 6.45) is 11.1. The van der Waals surface area contributed by atoms with E-state index in [-0.39, 0.29) is 5.92 Å². The van der Waals surface area contributed by atoms with E-state index >= 15 is 0 Å². The Kier molecular flexibility index (Phi) is 5.80. The van der Waals surface area contributed by atoms with Gasteiger partial charge in [0, 0.05) is 32.0 Å². The van der Waals surface area contributed by atoms with Crippen LogP contribution in [-0.4, -0.2) is 33.4 Å². The van der Waals surface area contributed by atoms with Crippen molar-refractivity contribution in [3.63, 3.8) is 0 Å². The van der Waals surface area contributed by atoms with Gasteiger partial charge >= 0.3 is 0 Å². The molecular weight excluding hydrogens is 334 g/mol. The number of aromatic nitrogens is 2. The predicted octanol–water partition coefficient (Wildman–Crippen LogP) is 5.12. The number of para-hydroxylation sites is 2. The zero-order valence-corrected chi connectivity index (χ0v) is 16.7. The van der Waals surface area contributed by atoms with Crippen LogP contribution in [0.25, 0.3) is 11.0 Å². The molecule has 0 N–H and O–H groups in total. The molecule has 146 valence electrons. The lowest BCUT2D eigenvalue weighted by atomic mass is 9.87. The highest BCUT2D eigenvalue weighted by molar-refractivity contribution is 5.80. The second-order valence-electron chi connectivity index (χ2n) is 8.50. The maximum Gasteiger partial charge on any atom is 0.223 e. The maximum absolute atomic E-state index is 12.5. The monoisotopic (exact) mass is 367 g/mol. The molecule has 2 aromatic rings. The van der Waals surface area contributed by atoms with Crippen LogP contribution in [0.1, 0.15) is 76.5 Å². The molecule has 0 bridgehead atoms. The van der Waals surface area contributed by atoms with Gasteiger partial charge in [-0.25, -0.2) is 4.98 Å². The Morgan fingerprint density at radius 2 is 1.93 bits per heavy atom. The van der Waals surface area contributed by atoms with E-state index in [1.807, 2.05) is 0 Å². The molecule has 1 saturated heterocycles. The normalized spacial score (nSPS) is 21.4. The average Bonchev–Trinajstić information content (AvgIpc) is 3.25. The summed E-state index contributed by atoms with van der Waals surface area (Å²) in [6, 6.07) is 8.48. The fraction of sp³-hybridized carbons (Fsp3) is 0.652. The molecule has 0 unspecified atom stereocenters. The number of hydrogen-bond acceptors (Lipinski definition) is 2. The molecule has 1 aliphatic carbocycles. The molecule has 1 aromatic carbocycles. The van der Waals surface area contributed by atoms with Crippen LogP contribution in [0.4, 0.5) is 0 Å². The molecule has 1 aliphatic heterocycles. The van der Waals surface area contributed by atoms with Gasteiger partial charge in [-0.05, 0) is 30.9 Å². The van der Waals surface area contributed by atoms with Gasteiger partial charge in [-0.2, -0.15) is 0 Å². The van der Waals surface area contributed by atoms with E-state index in [4.69, 9.17) is 4.98 Å². The highest BCUT2D eigenvalue weighted by Crippen LogP contribution is 2.32. The Labute approximate surface area is 163 Å². The highest BCUT2D eigenvalue weighted by Gasteiger charge is 2.33. The van der Waals surface area contributed by atoms with Crippen molar-refractivity contribution in [1.29, 1.82) is 0 Å². The first kappa shape index (κ1) is 18.5. The van der Waals surface area contributed by atoms with E-state index in [9.17, 15) is 4.79 Å². The number of aryl methyl sites for hydroxylation is 1. The van der Waals surface area contributed by atoms with Crippen LogP contribution < -0.4 is 0 Å². The summed E-state index contributed by atoms with van der Waals surface area (Å²) in [5.41, 5.74) is 2.32. The first-order chi connectivity index (χ1) is 13.3. The van der Waals surface area contributed by atoms with Crippen LogP contribution >= 0.6 is 0 Å². The van der Waals surface area contributed by atoms with Crippen molar-refractivity contribution in [1.82, 2.24) is 14.5 Å². The molecule has 1 saturated carbocycles. The molecule has 1 atom stereocenters. The van der Waals surface area contributed by atoms with Crippen LogP contribution in [0.15, 0.2) is 24.3 Å². The van der Waals surface area contributed by atoms with Gasteiger partial charge in [-0.3, -0.25) is 4.79 Å². The third kappa shape index (κ3) is 4.04. The van der Waals surface area contributed by atoms with E-state index in [0.717, 1.165) is 49.7 Å². The number of benzene rings is 1. The second-order valence-corrected chi connectivity index (χ2v) is 8.50. The number of nitrogens with zero attached hydrogens (tertiary/aromatic N) is 3. The first-order valence-corrected chi connectivity index (χ1v) is 11.0. The van der Waals surface area contributed by atoms with Crippen LogP contribution in [-0.2, 0) is 11.3 Å². The lowest BCUT2D eigenvalue weighted by Crippen LogP contribution is -2.26. The van der Waals surface area contributed by atoms with E-state index in [1.165, 1.54) is 44.0 Å². The zero-order valence-electron chi connectivity index (χ0n) is 16.7. The van der Waals surface area contributed by atoms with Gasteiger partial charge in [0.1, 0.15) is 5.82 Å². The van der Waals surface area contributed by atoms with E-state index in [1.54, 1.807) is 0 Å². The van der Waals surface area contributed by atoms with Gasteiger partial charge in [0.25, 0.3) is 0 Å². The van der Waals surface area contributed by atoms with Gasteiger partial charge in [-0.15, -0.1) is 0 Å². The molecule has 4 heteroatoms. The molecule has 1 amide bonds. The van der Waals surface area contributed by atoms with Crippen molar-refractivity contribution in [2.45, 2.75) is 77.2 Å². The fourth-order valence-corrected chi connectivity index (χ4v) is 4.94. The van der Waals surface area contributed by atoms with Crippen LogP contribution in [0.3, 0.4) is 0 Å². The van der Waals surface area contributed by atoms with Crippen LogP contribution in [0, 0.1) is 5.92 Å². The fourth-order valence-electron chi connectivity index (χ4n) is 4.94. The molecule has 0 radical (unpaired) electrons. The third-order valence-corrected chi connectivity index (χ3v) is 6.53. The van der Waals surface area contributed by atoms with E-state index in [0.29, 0.717) is 12.3 Å². The van der Waals surface area contributed by atoms with Crippen LogP contribution in [0.5, 0.6) is 0 Å². The number of carbonyl (C=O) groups excluding carboxylic acids is 1. The number of carbonyl (C=O) groups is 1. The molecule has 0 spiro atoms. The summed E-state index contributed by atoms with van der Waals surface area (Å²) in [6.45, 7) is 4.96. The Balaban J connectivity index is 1.55. The van der Waals surface area contributed by atoms with Crippen LogP contribution in [0.2, 0.25) is 0 Å². The summed E-state index contributed by atoms with van der Waals surface area (Å²) in [4.78, 5) is 19.5. The summed E-state index contributed by atoms with van der Waals surface area (Å²) in [7, 11) is 0. The lowest BCUT2D eigenvalue weighted by molar-refractivity contribution is -0.127. The number of fused-ring (bicyclic) bond motifs is 1. The van der Waals surface area contributed by atoms with Gasteiger partial charge in [-0.1, -0.05) is 57.6 Å².